The fraction of sp³-hybridized carbons (Fsp3) is 0.400. The maximum Gasteiger partial charge on any atom is 0.0717 e. The summed E-state index contributed by atoms with van der Waals surface area (Å²) in [7, 11) is 0. The lowest BCUT2D eigenvalue weighted by atomic mass is 9.95. The van der Waals surface area contributed by atoms with E-state index in [1.54, 1.807) is 0 Å². The Balaban J connectivity index is 0.000000179. The maximum absolute atomic E-state index is 6.23. The summed E-state index contributed by atoms with van der Waals surface area (Å²) in [5.41, 5.74) is 5.43. The summed E-state index contributed by atoms with van der Waals surface area (Å²) in [5, 5.41) is 0. The molecule has 0 saturated heterocycles. The van der Waals surface area contributed by atoms with Crippen LogP contribution >= 0.6 is 23.2 Å². The largest absolute Gasteiger partial charge is 0.376 e. The van der Waals surface area contributed by atoms with Gasteiger partial charge in [-0.3, -0.25) is 0 Å². The fourth-order valence-corrected chi connectivity index (χ4v) is 6.68. The van der Waals surface area contributed by atoms with Gasteiger partial charge in [0.05, 0.1) is 26.4 Å². The Labute approximate surface area is 275 Å². The van der Waals surface area contributed by atoms with E-state index in [-0.39, 0.29) is 10.8 Å². The van der Waals surface area contributed by atoms with Crippen molar-refractivity contribution in [3.05, 3.63) is 144 Å². The molecule has 4 aromatic carbocycles. The van der Waals surface area contributed by atoms with Crippen LogP contribution in [0.25, 0.3) is 0 Å². The molecule has 6 rings (SSSR count). The third kappa shape index (κ3) is 9.44. The molecule has 0 unspecified atom stereocenters. The predicted octanol–water partition coefficient (Wildman–Crippen LogP) is 10.6. The number of alkyl halides is 2. The summed E-state index contributed by atoms with van der Waals surface area (Å²) < 4.78 is 11.7. The van der Waals surface area contributed by atoms with E-state index in [1.807, 2.05) is 36.4 Å². The van der Waals surface area contributed by atoms with Crippen LogP contribution in [0.15, 0.2) is 121 Å². The van der Waals surface area contributed by atoms with Gasteiger partial charge in [0.25, 0.3) is 0 Å². The van der Waals surface area contributed by atoms with Crippen molar-refractivity contribution >= 4 is 23.2 Å². The molecular weight excluding hydrogens is 583 g/mol. The van der Waals surface area contributed by atoms with Crippen LogP contribution in [0, 0.1) is 11.8 Å². The Morgan fingerprint density at radius 3 is 1.14 bits per heavy atom. The molecule has 234 valence electrons. The average molecular weight is 632 g/mol. The highest BCUT2D eigenvalue weighted by Crippen LogP contribution is 2.56. The van der Waals surface area contributed by atoms with Gasteiger partial charge < -0.3 is 9.47 Å². The lowest BCUT2D eigenvalue weighted by molar-refractivity contribution is 0.107. The van der Waals surface area contributed by atoms with Crippen LogP contribution in [0.4, 0.5) is 0 Å². The minimum Gasteiger partial charge on any atom is -0.376 e. The lowest BCUT2D eigenvalue weighted by Gasteiger charge is -2.14. The Morgan fingerprint density at radius 2 is 0.841 bits per heavy atom. The van der Waals surface area contributed by atoms with Gasteiger partial charge in [0.2, 0.25) is 0 Å². The molecular formula is C40H48Cl2O2. The first-order valence-electron chi connectivity index (χ1n) is 16.1. The van der Waals surface area contributed by atoms with Crippen LogP contribution in [0.2, 0.25) is 0 Å². The van der Waals surface area contributed by atoms with Gasteiger partial charge >= 0.3 is 0 Å². The van der Waals surface area contributed by atoms with Crippen LogP contribution in [-0.2, 0) is 33.5 Å². The first-order valence-corrected chi connectivity index (χ1v) is 17.1. The number of rotatable bonds is 13. The SMILES string of the molecule is CCCC.ClC[C@]1(c2ccccc2)C[C@H]1COCc1ccccc1.ClC[C@]1(c2ccccc2)C[C@H]1COCc1ccccc1. The summed E-state index contributed by atoms with van der Waals surface area (Å²) >= 11 is 12.5. The van der Waals surface area contributed by atoms with Crippen molar-refractivity contribution in [3.63, 3.8) is 0 Å². The van der Waals surface area contributed by atoms with E-state index in [2.05, 4.69) is 98.8 Å². The van der Waals surface area contributed by atoms with E-state index in [4.69, 9.17) is 32.7 Å². The molecule has 2 fully saturated rings. The highest BCUT2D eigenvalue weighted by atomic mass is 35.5. The normalized spacial score (nSPS) is 23.0. The fourth-order valence-electron chi connectivity index (χ4n) is 5.71. The standard InChI is InChI=1S/2C18H19ClO.C4H10/c2*19-14-18(16-9-5-2-6-10-16)11-17(18)13-20-12-15-7-3-1-4-8-15;1-3-4-2/h2*1-10,17H,11-14H2;3-4H2,1-2H3/t2*17-,18-;/m00./s1. The van der Waals surface area contributed by atoms with Gasteiger partial charge in [0.1, 0.15) is 0 Å². The zero-order chi connectivity index (χ0) is 31.1. The van der Waals surface area contributed by atoms with E-state index in [1.165, 1.54) is 35.1 Å². The summed E-state index contributed by atoms with van der Waals surface area (Å²) in [4.78, 5) is 0. The average Bonchev–Trinajstić information content (AvgIpc) is 4.01. The molecule has 0 N–H and O–H groups in total. The number of hydrogen-bond acceptors (Lipinski definition) is 2. The van der Waals surface area contributed by atoms with Crippen molar-refractivity contribution < 1.29 is 9.47 Å². The zero-order valence-corrected chi connectivity index (χ0v) is 27.9. The van der Waals surface area contributed by atoms with E-state index in [9.17, 15) is 0 Å². The van der Waals surface area contributed by atoms with Gasteiger partial charge in [-0.1, -0.05) is 148 Å². The molecule has 4 atom stereocenters. The summed E-state index contributed by atoms with van der Waals surface area (Å²) in [5.74, 6) is 2.45. The van der Waals surface area contributed by atoms with E-state index in [0.717, 1.165) is 26.1 Å². The van der Waals surface area contributed by atoms with Crippen molar-refractivity contribution in [3.8, 4) is 0 Å². The number of unbranched alkanes of at least 4 members (excludes halogenated alkanes) is 1. The highest BCUT2D eigenvalue weighted by molar-refractivity contribution is 6.19. The van der Waals surface area contributed by atoms with E-state index < -0.39 is 0 Å². The number of halogens is 2. The molecule has 4 heteroatoms. The van der Waals surface area contributed by atoms with Crippen molar-refractivity contribution in [1.82, 2.24) is 0 Å². The molecule has 2 aliphatic carbocycles. The first-order chi connectivity index (χ1) is 21.6. The van der Waals surface area contributed by atoms with Crippen LogP contribution < -0.4 is 0 Å². The molecule has 0 heterocycles. The Morgan fingerprint density at radius 1 is 0.523 bits per heavy atom. The smallest absolute Gasteiger partial charge is 0.0717 e. The van der Waals surface area contributed by atoms with Crippen LogP contribution in [0.3, 0.4) is 0 Å². The van der Waals surface area contributed by atoms with Gasteiger partial charge in [-0.25, -0.2) is 0 Å². The minimum absolute atomic E-state index is 0.138. The lowest BCUT2D eigenvalue weighted by Crippen LogP contribution is -2.15. The number of benzene rings is 4. The van der Waals surface area contributed by atoms with Crippen LogP contribution in [0.5, 0.6) is 0 Å². The quantitative estimate of drug-likeness (QED) is 0.137. The predicted molar refractivity (Wildman–Crippen MR) is 187 cm³/mol. The van der Waals surface area contributed by atoms with Crippen LogP contribution in [-0.4, -0.2) is 25.0 Å². The highest BCUT2D eigenvalue weighted by Gasteiger charge is 2.55. The summed E-state index contributed by atoms with van der Waals surface area (Å²) in [6.45, 7) is 7.31. The Bertz CT molecular complexity index is 1210. The molecule has 2 saturated carbocycles. The van der Waals surface area contributed by atoms with Crippen molar-refractivity contribution in [1.29, 1.82) is 0 Å². The second kappa shape index (κ2) is 17.8. The van der Waals surface area contributed by atoms with Gasteiger partial charge in [-0.2, -0.15) is 0 Å². The third-order valence-corrected chi connectivity index (χ3v) is 9.95. The Kier molecular flexibility index (Phi) is 13.8. The second-order valence-corrected chi connectivity index (χ2v) is 12.6. The van der Waals surface area contributed by atoms with Crippen molar-refractivity contribution in [2.45, 2.75) is 63.6 Å². The first kappa shape index (κ1) is 34.3. The van der Waals surface area contributed by atoms with Gasteiger partial charge in [0.15, 0.2) is 0 Å². The zero-order valence-electron chi connectivity index (χ0n) is 26.3. The Hall–Kier alpha value is -2.62. The van der Waals surface area contributed by atoms with Gasteiger partial charge in [-0.05, 0) is 46.9 Å². The van der Waals surface area contributed by atoms with E-state index in [0.29, 0.717) is 36.8 Å². The van der Waals surface area contributed by atoms with E-state index >= 15 is 0 Å². The molecule has 0 bridgehead atoms. The maximum atomic E-state index is 6.23. The van der Waals surface area contributed by atoms with Gasteiger partial charge in [-0.15, -0.1) is 23.2 Å². The van der Waals surface area contributed by atoms with Crippen molar-refractivity contribution in [2.75, 3.05) is 25.0 Å². The summed E-state index contributed by atoms with van der Waals surface area (Å²) in [6, 6.07) is 41.8. The molecule has 0 radical (unpaired) electrons. The van der Waals surface area contributed by atoms with Gasteiger partial charge in [0, 0.05) is 22.6 Å². The van der Waals surface area contributed by atoms with Crippen molar-refractivity contribution in [2.24, 2.45) is 11.8 Å². The topological polar surface area (TPSA) is 18.5 Å². The molecule has 2 aliphatic rings. The second-order valence-electron chi connectivity index (χ2n) is 12.1. The molecule has 4 aromatic rings. The third-order valence-electron chi connectivity index (χ3n) is 9.00. The molecule has 44 heavy (non-hydrogen) atoms. The monoisotopic (exact) mass is 630 g/mol. The summed E-state index contributed by atoms with van der Waals surface area (Å²) in [6.07, 6.45) is 4.91. The molecule has 0 amide bonds. The molecule has 0 aliphatic heterocycles. The molecule has 0 aromatic heterocycles. The number of hydrogen-bond donors (Lipinski definition) is 0. The minimum atomic E-state index is 0.138. The van der Waals surface area contributed by atoms with Crippen LogP contribution in [0.1, 0.15) is 61.8 Å². The molecule has 2 nitrogen and oxygen atoms in total. The molecule has 0 spiro atoms. The number of ether oxygens (including phenoxy) is 2.